The highest BCUT2D eigenvalue weighted by Gasteiger charge is 2.09. The van der Waals surface area contributed by atoms with Gasteiger partial charge >= 0.3 is 5.97 Å². The first-order valence-corrected chi connectivity index (χ1v) is 7.77. The molecule has 0 unspecified atom stereocenters. The maximum absolute atomic E-state index is 11.9. The summed E-state index contributed by atoms with van der Waals surface area (Å²) < 4.78 is 1.08. The van der Waals surface area contributed by atoms with Crippen LogP contribution in [0.3, 0.4) is 0 Å². The van der Waals surface area contributed by atoms with E-state index >= 15 is 0 Å². The Bertz CT molecular complexity index is 596. The van der Waals surface area contributed by atoms with Crippen molar-refractivity contribution in [1.29, 1.82) is 0 Å². The van der Waals surface area contributed by atoms with Crippen molar-refractivity contribution in [3.05, 3.63) is 47.3 Å². The Morgan fingerprint density at radius 1 is 1.20 bits per heavy atom. The van der Waals surface area contributed by atoms with E-state index in [-0.39, 0.29) is 12.3 Å². The monoisotopic (exact) mass is 307 g/mol. The molecule has 0 aliphatic carbocycles. The Kier molecular flexibility index (Phi) is 5.20. The number of thiophene rings is 1. The molecule has 1 aromatic carbocycles. The molecule has 104 valence electrons. The fourth-order valence-electron chi connectivity index (χ4n) is 1.63. The third kappa shape index (κ3) is 4.40. The van der Waals surface area contributed by atoms with Crippen molar-refractivity contribution in [1.82, 2.24) is 0 Å². The molecule has 0 saturated heterocycles. The maximum Gasteiger partial charge on any atom is 0.307 e. The summed E-state index contributed by atoms with van der Waals surface area (Å²) in [6.45, 7) is 0. The third-order valence-corrected chi connectivity index (χ3v) is 4.60. The SMILES string of the molecule is O=C(O)Cc1ccccc1NC(=O)CSc1cccs1. The molecule has 2 aromatic rings. The molecule has 1 amide bonds. The molecule has 0 radical (unpaired) electrons. The van der Waals surface area contributed by atoms with Crippen LogP contribution < -0.4 is 5.32 Å². The van der Waals surface area contributed by atoms with Crippen LogP contribution in [0.4, 0.5) is 5.69 Å². The summed E-state index contributed by atoms with van der Waals surface area (Å²) in [4.78, 5) is 22.6. The van der Waals surface area contributed by atoms with Crippen molar-refractivity contribution >= 4 is 40.7 Å². The summed E-state index contributed by atoms with van der Waals surface area (Å²) in [5, 5.41) is 13.6. The van der Waals surface area contributed by atoms with E-state index < -0.39 is 5.97 Å². The molecule has 0 bridgehead atoms. The number of thioether (sulfide) groups is 1. The number of anilines is 1. The number of hydrogen-bond donors (Lipinski definition) is 2. The number of carboxylic acid groups (broad SMARTS) is 1. The standard InChI is InChI=1S/C14H13NO3S2/c16-12(9-20-14-6-3-7-19-14)15-11-5-2-1-4-10(11)8-13(17)18/h1-7H,8-9H2,(H,15,16)(H,17,18). The van der Waals surface area contributed by atoms with Crippen LogP contribution in [0.1, 0.15) is 5.56 Å². The molecular formula is C14H13NO3S2. The Hall–Kier alpha value is -1.79. The summed E-state index contributed by atoms with van der Waals surface area (Å²) in [5.74, 6) is -0.747. The lowest BCUT2D eigenvalue weighted by molar-refractivity contribution is -0.136. The van der Waals surface area contributed by atoms with Crippen LogP contribution in [0.25, 0.3) is 0 Å². The zero-order valence-corrected chi connectivity index (χ0v) is 12.2. The van der Waals surface area contributed by atoms with Gasteiger partial charge in [-0.25, -0.2) is 0 Å². The van der Waals surface area contributed by atoms with E-state index in [2.05, 4.69) is 5.32 Å². The summed E-state index contributed by atoms with van der Waals surface area (Å²) in [6.07, 6.45) is -0.103. The molecule has 0 fully saturated rings. The van der Waals surface area contributed by atoms with Gasteiger partial charge < -0.3 is 10.4 Å². The number of hydrogen-bond acceptors (Lipinski definition) is 4. The van der Waals surface area contributed by atoms with E-state index in [0.29, 0.717) is 17.0 Å². The first-order valence-electron chi connectivity index (χ1n) is 5.91. The van der Waals surface area contributed by atoms with Gasteiger partial charge in [-0.3, -0.25) is 9.59 Å². The van der Waals surface area contributed by atoms with Crippen LogP contribution in [0.5, 0.6) is 0 Å². The highest BCUT2D eigenvalue weighted by molar-refractivity contribution is 8.01. The molecule has 0 saturated carbocycles. The van der Waals surface area contributed by atoms with Crippen molar-refractivity contribution in [2.45, 2.75) is 10.6 Å². The lowest BCUT2D eigenvalue weighted by atomic mass is 10.1. The van der Waals surface area contributed by atoms with Gasteiger partial charge in [-0.1, -0.05) is 24.3 Å². The minimum absolute atomic E-state index is 0.103. The third-order valence-electron chi connectivity index (χ3n) is 2.47. The van der Waals surface area contributed by atoms with Crippen molar-refractivity contribution in [3.63, 3.8) is 0 Å². The second kappa shape index (κ2) is 7.12. The molecule has 20 heavy (non-hydrogen) atoms. The van der Waals surface area contributed by atoms with Crippen LogP contribution >= 0.6 is 23.1 Å². The summed E-state index contributed by atoms with van der Waals surface area (Å²) in [6, 6.07) is 10.8. The molecule has 0 spiro atoms. The fourth-order valence-corrected chi connectivity index (χ4v) is 3.21. The molecule has 0 aliphatic rings. The number of nitrogens with one attached hydrogen (secondary N) is 1. The summed E-state index contributed by atoms with van der Waals surface area (Å²) in [7, 11) is 0. The smallest absolute Gasteiger partial charge is 0.307 e. The largest absolute Gasteiger partial charge is 0.481 e. The van der Waals surface area contributed by atoms with Gasteiger partial charge in [-0.15, -0.1) is 23.1 Å². The topological polar surface area (TPSA) is 66.4 Å². The van der Waals surface area contributed by atoms with Gasteiger partial charge in [0.05, 0.1) is 16.4 Å². The van der Waals surface area contributed by atoms with Crippen molar-refractivity contribution in [2.75, 3.05) is 11.1 Å². The average molecular weight is 307 g/mol. The molecule has 2 N–H and O–H groups in total. The number of para-hydroxylation sites is 1. The van der Waals surface area contributed by atoms with Gasteiger partial charge in [0.2, 0.25) is 5.91 Å². The van der Waals surface area contributed by atoms with E-state index in [1.807, 2.05) is 17.5 Å². The molecule has 0 aliphatic heterocycles. The Morgan fingerprint density at radius 2 is 2.00 bits per heavy atom. The number of carbonyl (C=O) groups is 2. The molecule has 1 heterocycles. The lowest BCUT2D eigenvalue weighted by Gasteiger charge is -2.09. The first kappa shape index (κ1) is 14.6. The van der Waals surface area contributed by atoms with E-state index in [1.54, 1.807) is 35.6 Å². The highest BCUT2D eigenvalue weighted by Crippen LogP contribution is 2.23. The van der Waals surface area contributed by atoms with E-state index in [0.717, 1.165) is 4.21 Å². The van der Waals surface area contributed by atoms with Crippen molar-refractivity contribution in [3.8, 4) is 0 Å². The second-order valence-electron chi connectivity index (χ2n) is 4.00. The number of rotatable bonds is 6. The molecule has 2 rings (SSSR count). The molecule has 4 nitrogen and oxygen atoms in total. The maximum atomic E-state index is 11.9. The zero-order valence-electron chi connectivity index (χ0n) is 10.5. The Morgan fingerprint density at radius 3 is 2.70 bits per heavy atom. The van der Waals surface area contributed by atoms with Gasteiger partial charge in [-0.05, 0) is 23.1 Å². The fraction of sp³-hybridized carbons (Fsp3) is 0.143. The quantitative estimate of drug-likeness (QED) is 0.805. The average Bonchev–Trinajstić information content (AvgIpc) is 2.91. The van der Waals surface area contributed by atoms with Gasteiger partial charge in [0.1, 0.15) is 0 Å². The zero-order chi connectivity index (χ0) is 14.4. The number of aliphatic carboxylic acids is 1. The van der Waals surface area contributed by atoms with Crippen LogP contribution in [-0.2, 0) is 16.0 Å². The van der Waals surface area contributed by atoms with Crippen molar-refractivity contribution < 1.29 is 14.7 Å². The number of carbonyl (C=O) groups excluding carboxylic acids is 1. The van der Waals surface area contributed by atoms with E-state index in [9.17, 15) is 9.59 Å². The molecular weight excluding hydrogens is 294 g/mol. The normalized spacial score (nSPS) is 10.2. The Labute approximate surface area is 124 Å². The van der Waals surface area contributed by atoms with Crippen LogP contribution in [0.15, 0.2) is 46.0 Å². The van der Waals surface area contributed by atoms with Crippen LogP contribution in [-0.4, -0.2) is 22.7 Å². The Balaban J connectivity index is 1.95. The molecule has 1 aromatic heterocycles. The van der Waals surface area contributed by atoms with Crippen molar-refractivity contribution in [2.24, 2.45) is 0 Å². The lowest BCUT2D eigenvalue weighted by Crippen LogP contribution is -2.16. The summed E-state index contributed by atoms with van der Waals surface area (Å²) in [5.41, 5.74) is 1.17. The number of carboxylic acids is 1. The second-order valence-corrected chi connectivity index (χ2v) is 6.22. The predicted octanol–water partition coefficient (Wildman–Crippen LogP) is 3.11. The van der Waals surface area contributed by atoms with Crippen LogP contribution in [0.2, 0.25) is 0 Å². The summed E-state index contributed by atoms with van der Waals surface area (Å²) >= 11 is 3.05. The van der Waals surface area contributed by atoms with Crippen LogP contribution in [0, 0.1) is 0 Å². The number of amides is 1. The van der Waals surface area contributed by atoms with Gasteiger partial charge in [0.25, 0.3) is 0 Å². The highest BCUT2D eigenvalue weighted by atomic mass is 32.2. The van der Waals surface area contributed by atoms with Gasteiger partial charge in [0, 0.05) is 5.69 Å². The molecule has 0 atom stereocenters. The predicted molar refractivity (Wildman–Crippen MR) is 81.5 cm³/mol. The molecule has 6 heteroatoms. The van der Waals surface area contributed by atoms with E-state index in [1.165, 1.54) is 11.8 Å². The minimum Gasteiger partial charge on any atom is -0.481 e. The first-order chi connectivity index (χ1) is 9.65. The minimum atomic E-state index is -0.917. The number of benzene rings is 1. The van der Waals surface area contributed by atoms with Gasteiger partial charge in [-0.2, -0.15) is 0 Å². The van der Waals surface area contributed by atoms with Gasteiger partial charge in [0.15, 0.2) is 0 Å². The van der Waals surface area contributed by atoms with E-state index in [4.69, 9.17) is 5.11 Å².